The number of methoxy groups -OCH3 is 1. The van der Waals surface area contributed by atoms with Crippen LogP contribution in [0.5, 0.6) is 5.75 Å². The molecule has 0 aliphatic carbocycles. The minimum absolute atomic E-state index is 0.0100. The van der Waals surface area contributed by atoms with Crippen LogP contribution >= 0.6 is 11.6 Å². The zero-order valence-corrected chi connectivity index (χ0v) is 13.7. The van der Waals surface area contributed by atoms with E-state index < -0.39 is 0 Å². The van der Waals surface area contributed by atoms with E-state index in [-0.39, 0.29) is 5.84 Å². The minimum Gasteiger partial charge on any atom is -0.488 e. The summed E-state index contributed by atoms with van der Waals surface area (Å²) in [6.45, 7) is 1.16. The van der Waals surface area contributed by atoms with Gasteiger partial charge in [0.1, 0.15) is 18.2 Å². The third-order valence-corrected chi connectivity index (χ3v) is 3.77. The van der Waals surface area contributed by atoms with Gasteiger partial charge >= 0.3 is 0 Å². The van der Waals surface area contributed by atoms with E-state index in [1.54, 1.807) is 19.2 Å². The van der Waals surface area contributed by atoms with Crippen molar-refractivity contribution < 1.29 is 9.47 Å². The third kappa shape index (κ3) is 4.45. The molecule has 0 aliphatic heterocycles. The van der Waals surface area contributed by atoms with Gasteiger partial charge < -0.3 is 20.9 Å². The molecule has 0 atom stereocenters. The number of rotatable bonds is 7. The molecule has 2 rings (SSSR count). The second-order valence-corrected chi connectivity index (χ2v) is 5.49. The molecule has 0 saturated heterocycles. The topological polar surface area (TPSA) is 94.3 Å². The first-order valence-corrected chi connectivity index (χ1v) is 7.49. The van der Waals surface area contributed by atoms with Crippen molar-refractivity contribution in [3.63, 3.8) is 0 Å². The molecule has 0 fully saturated rings. The highest BCUT2D eigenvalue weighted by Crippen LogP contribution is 2.25. The number of benzene rings is 2. The lowest BCUT2D eigenvalue weighted by atomic mass is 10.1. The van der Waals surface area contributed by atoms with Crippen LogP contribution in [0.25, 0.3) is 0 Å². The summed E-state index contributed by atoms with van der Waals surface area (Å²) in [5.74, 6) is 0.614. The van der Waals surface area contributed by atoms with Crippen LogP contribution in [0, 0.1) is 5.41 Å². The van der Waals surface area contributed by atoms with E-state index in [1.165, 1.54) is 0 Å². The first-order valence-electron chi connectivity index (χ1n) is 7.11. The Kier molecular flexibility index (Phi) is 5.98. The molecule has 0 amide bonds. The molecule has 5 nitrogen and oxygen atoms in total. The summed E-state index contributed by atoms with van der Waals surface area (Å²) in [5.41, 5.74) is 14.4. The molecule has 0 radical (unpaired) electrons. The maximum atomic E-state index is 7.54. The van der Waals surface area contributed by atoms with E-state index in [1.807, 2.05) is 24.3 Å². The third-order valence-electron chi connectivity index (χ3n) is 3.41. The van der Waals surface area contributed by atoms with Crippen LogP contribution in [0.1, 0.15) is 22.3 Å². The standard InChI is InChI=1S/C17H20ClN3O2/c1-22-9-14-5-4-12(17(20)21)7-16(14)23-10-13-3-2-11(8-19)6-15(13)18/h2-7H,8-10,19H2,1H3,(H3,20,21). The van der Waals surface area contributed by atoms with Crippen molar-refractivity contribution in [2.24, 2.45) is 11.5 Å². The van der Waals surface area contributed by atoms with Gasteiger partial charge in [-0.15, -0.1) is 0 Å². The molecule has 0 aromatic heterocycles. The number of nitrogens with two attached hydrogens (primary N) is 2. The van der Waals surface area contributed by atoms with Crippen molar-refractivity contribution in [2.45, 2.75) is 19.8 Å². The van der Waals surface area contributed by atoms with Gasteiger partial charge in [0, 0.05) is 35.4 Å². The number of ether oxygens (including phenoxy) is 2. The number of nitrogen functional groups attached to an aromatic ring is 1. The molecule has 0 bridgehead atoms. The Morgan fingerprint density at radius 1 is 1.13 bits per heavy atom. The van der Waals surface area contributed by atoms with Gasteiger partial charge in [-0.3, -0.25) is 5.41 Å². The van der Waals surface area contributed by atoms with Crippen molar-refractivity contribution in [1.82, 2.24) is 0 Å². The van der Waals surface area contributed by atoms with Gasteiger partial charge in [0.2, 0.25) is 0 Å². The van der Waals surface area contributed by atoms with Crippen molar-refractivity contribution in [1.29, 1.82) is 5.41 Å². The van der Waals surface area contributed by atoms with Crippen LogP contribution in [0.15, 0.2) is 36.4 Å². The summed E-state index contributed by atoms with van der Waals surface area (Å²) >= 11 is 6.24. The van der Waals surface area contributed by atoms with E-state index >= 15 is 0 Å². The van der Waals surface area contributed by atoms with Crippen LogP contribution in [-0.2, 0) is 24.5 Å². The average Bonchev–Trinajstić information content (AvgIpc) is 2.54. The van der Waals surface area contributed by atoms with Crippen LogP contribution in [0.3, 0.4) is 0 Å². The zero-order chi connectivity index (χ0) is 16.8. The van der Waals surface area contributed by atoms with E-state index in [9.17, 15) is 0 Å². The molecule has 2 aromatic carbocycles. The predicted molar refractivity (Wildman–Crippen MR) is 91.8 cm³/mol. The molecule has 0 heterocycles. The molecule has 0 spiro atoms. The molecule has 23 heavy (non-hydrogen) atoms. The summed E-state index contributed by atoms with van der Waals surface area (Å²) in [5, 5.41) is 8.15. The van der Waals surface area contributed by atoms with Crippen LogP contribution in [0.4, 0.5) is 0 Å². The summed E-state index contributed by atoms with van der Waals surface area (Å²) in [6, 6.07) is 11.0. The van der Waals surface area contributed by atoms with Crippen LogP contribution < -0.4 is 16.2 Å². The Balaban J connectivity index is 2.21. The second kappa shape index (κ2) is 7.97. The largest absolute Gasteiger partial charge is 0.488 e. The maximum absolute atomic E-state index is 7.54. The second-order valence-electron chi connectivity index (χ2n) is 5.09. The van der Waals surface area contributed by atoms with Gasteiger partial charge in [-0.1, -0.05) is 35.9 Å². The summed E-state index contributed by atoms with van der Waals surface area (Å²) in [7, 11) is 1.62. The normalized spacial score (nSPS) is 10.6. The van der Waals surface area contributed by atoms with Gasteiger partial charge in [0.05, 0.1) is 6.61 Å². The molecule has 0 saturated carbocycles. The van der Waals surface area contributed by atoms with Crippen molar-refractivity contribution in [3.8, 4) is 5.75 Å². The summed E-state index contributed by atoms with van der Waals surface area (Å²) < 4.78 is 11.0. The van der Waals surface area contributed by atoms with E-state index in [0.717, 1.165) is 16.7 Å². The molecule has 5 N–H and O–H groups in total. The molecular weight excluding hydrogens is 314 g/mol. The Labute approximate surface area is 140 Å². The monoisotopic (exact) mass is 333 g/mol. The lowest BCUT2D eigenvalue weighted by Crippen LogP contribution is -2.12. The predicted octanol–water partition coefficient (Wildman–Crippen LogP) is 2.81. The van der Waals surface area contributed by atoms with Gasteiger partial charge in [0.25, 0.3) is 0 Å². The van der Waals surface area contributed by atoms with Gasteiger partial charge in [0.15, 0.2) is 0 Å². The quantitative estimate of drug-likeness (QED) is 0.536. The summed E-state index contributed by atoms with van der Waals surface area (Å²) in [4.78, 5) is 0. The van der Waals surface area contributed by atoms with Crippen molar-refractivity contribution >= 4 is 17.4 Å². The van der Waals surface area contributed by atoms with Crippen LogP contribution in [0.2, 0.25) is 5.02 Å². The Hall–Kier alpha value is -2.08. The molecule has 2 aromatic rings. The fourth-order valence-electron chi connectivity index (χ4n) is 2.12. The first-order chi connectivity index (χ1) is 11.0. The highest BCUT2D eigenvalue weighted by molar-refractivity contribution is 6.31. The fraction of sp³-hybridized carbons (Fsp3) is 0.235. The smallest absolute Gasteiger partial charge is 0.126 e. The fourth-order valence-corrected chi connectivity index (χ4v) is 2.38. The van der Waals surface area contributed by atoms with Crippen LogP contribution in [-0.4, -0.2) is 12.9 Å². The van der Waals surface area contributed by atoms with Crippen molar-refractivity contribution in [3.05, 3.63) is 63.7 Å². The molecule has 6 heteroatoms. The molecule has 0 unspecified atom stereocenters. The Morgan fingerprint density at radius 3 is 2.48 bits per heavy atom. The molecule has 122 valence electrons. The molecular formula is C17H20ClN3O2. The minimum atomic E-state index is -0.0100. The SMILES string of the molecule is COCc1ccc(C(=N)N)cc1OCc1ccc(CN)cc1Cl. The van der Waals surface area contributed by atoms with E-state index in [2.05, 4.69) is 0 Å². The lowest BCUT2D eigenvalue weighted by molar-refractivity contribution is 0.179. The van der Waals surface area contributed by atoms with E-state index in [4.69, 9.17) is 38.0 Å². The molecule has 0 aliphatic rings. The number of amidine groups is 1. The zero-order valence-electron chi connectivity index (χ0n) is 12.9. The number of hydrogen-bond acceptors (Lipinski definition) is 4. The number of nitrogens with one attached hydrogen (secondary N) is 1. The first kappa shape index (κ1) is 17.3. The van der Waals surface area contributed by atoms with Gasteiger partial charge in [-0.25, -0.2) is 0 Å². The highest BCUT2D eigenvalue weighted by Gasteiger charge is 2.09. The summed E-state index contributed by atoms with van der Waals surface area (Å²) in [6.07, 6.45) is 0. The maximum Gasteiger partial charge on any atom is 0.126 e. The highest BCUT2D eigenvalue weighted by atomic mass is 35.5. The number of halogens is 1. The Bertz CT molecular complexity index is 704. The number of hydrogen-bond donors (Lipinski definition) is 3. The average molecular weight is 334 g/mol. The lowest BCUT2D eigenvalue weighted by Gasteiger charge is -2.14. The van der Waals surface area contributed by atoms with Gasteiger partial charge in [-0.2, -0.15) is 0 Å². The Morgan fingerprint density at radius 2 is 1.87 bits per heavy atom. The van der Waals surface area contributed by atoms with Crippen molar-refractivity contribution in [2.75, 3.05) is 7.11 Å². The van der Waals surface area contributed by atoms with E-state index in [0.29, 0.717) is 36.1 Å². The van der Waals surface area contributed by atoms with Gasteiger partial charge in [-0.05, 0) is 17.7 Å².